The van der Waals surface area contributed by atoms with Gasteiger partial charge in [-0.1, -0.05) is 18.2 Å². The quantitative estimate of drug-likeness (QED) is 0.557. The van der Waals surface area contributed by atoms with Crippen molar-refractivity contribution in [1.29, 1.82) is 0 Å². The van der Waals surface area contributed by atoms with Crippen molar-refractivity contribution < 1.29 is 0 Å². The average Bonchev–Trinajstić information content (AvgIpc) is 3.24. The lowest BCUT2D eigenvalue weighted by molar-refractivity contribution is 0.277. The highest BCUT2D eigenvalue weighted by Gasteiger charge is 2.41. The van der Waals surface area contributed by atoms with E-state index in [4.69, 9.17) is 12.2 Å². The number of benzene rings is 1. The van der Waals surface area contributed by atoms with Crippen LogP contribution in [0.4, 0.5) is 0 Å². The molecule has 4 rings (SSSR count). The van der Waals surface area contributed by atoms with Gasteiger partial charge in [-0.2, -0.15) is 0 Å². The predicted octanol–water partition coefficient (Wildman–Crippen LogP) is 4.64. The fourth-order valence-electron chi connectivity index (χ4n) is 4.73. The van der Waals surface area contributed by atoms with E-state index in [1.807, 2.05) is 18.3 Å². The molecule has 0 spiro atoms. The van der Waals surface area contributed by atoms with Gasteiger partial charge in [-0.3, -0.25) is 4.98 Å². The van der Waals surface area contributed by atoms with Crippen LogP contribution in [0, 0.1) is 27.7 Å². The highest BCUT2D eigenvalue weighted by atomic mass is 32.1. The molecule has 1 aliphatic rings. The summed E-state index contributed by atoms with van der Waals surface area (Å²) in [6.45, 7) is 10.6. The molecule has 1 N–H and O–H groups in total. The van der Waals surface area contributed by atoms with Gasteiger partial charge in [-0.15, -0.1) is 0 Å². The van der Waals surface area contributed by atoms with E-state index >= 15 is 0 Å². The van der Waals surface area contributed by atoms with E-state index in [-0.39, 0.29) is 12.1 Å². The molecule has 0 aliphatic carbocycles. The number of aromatic nitrogens is 2. The number of thiocarbonyl (C=S) groups is 1. The van der Waals surface area contributed by atoms with Gasteiger partial charge in [0.05, 0.1) is 17.8 Å². The van der Waals surface area contributed by atoms with E-state index in [0.717, 1.165) is 23.9 Å². The third-order valence-electron chi connectivity index (χ3n) is 6.59. The van der Waals surface area contributed by atoms with Crippen LogP contribution in [0.5, 0.6) is 0 Å². The maximum Gasteiger partial charge on any atom is 0.170 e. The molecule has 0 radical (unpaired) electrons. The minimum Gasteiger partial charge on any atom is -0.352 e. The molecule has 0 amide bonds. The number of nitrogens with zero attached hydrogens (tertiary/aromatic N) is 4. The van der Waals surface area contributed by atoms with Crippen molar-refractivity contribution in [2.75, 3.05) is 27.2 Å². The van der Waals surface area contributed by atoms with E-state index in [2.05, 4.69) is 96.8 Å². The van der Waals surface area contributed by atoms with Crippen LogP contribution in [-0.4, -0.2) is 51.6 Å². The maximum absolute atomic E-state index is 5.82. The van der Waals surface area contributed by atoms with Gasteiger partial charge in [-0.05, 0) is 95.0 Å². The first kappa shape index (κ1) is 22.5. The lowest BCUT2D eigenvalue weighted by Crippen LogP contribution is -2.35. The second-order valence-corrected chi connectivity index (χ2v) is 9.39. The Kier molecular flexibility index (Phi) is 6.35. The second kappa shape index (κ2) is 9.04. The number of pyridine rings is 1. The number of nitrogens with one attached hydrogen (secondary N) is 1. The van der Waals surface area contributed by atoms with Crippen molar-refractivity contribution in [3.8, 4) is 5.69 Å². The Hall–Kier alpha value is -2.70. The molecule has 5 nitrogen and oxygen atoms in total. The zero-order valence-corrected chi connectivity index (χ0v) is 20.7. The van der Waals surface area contributed by atoms with Crippen molar-refractivity contribution in [1.82, 2.24) is 24.7 Å². The Bertz CT molecular complexity index is 1120. The first-order valence-corrected chi connectivity index (χ1v) is 11.6. The van der Waals surface area contributed by atoms with E-state index in [9.17, 15) is 0 Å². The van der Waals surface area contributed by atoms with Crippen molar-refractivity contribution in [3.63, 3.8) is 0 Å². The molecule has 1 aliphatic heterocycles. The summed E-state index contributed by atoms with van der Waals surface area (Å²) >= 11 is 5.82. The third kappa shape index (κ3) is 4.05. The number of hydrogen-bond donors (Lipinski definition) is 1. The topological polar surface area (TPSA) is 36.3 Å². The molecule has 1 fully saturated rings. The van der Waals surface area contributed by atoms with E-state index in [1.165, 1.54) is 33.8 Å². The largest absolute Gasteiger partial charge is 0.352 e. The van der Waals surface area contributed by atoms with Crippen molar-refractivity contribution in [2.24, 2.45) is 0 Å². The Morgan fingerprint density at radius 3 is 2.53 bits per heavy atom. The van der Waals surface area contributed by atoms with Crippen LogP contribution < -0.4 is 5.32 Å². The zero-order chi connectivity index (χ0) is 23.0. The Morgan fingerprint density at radius 2 is 1.84 bits per heavy atom. The van der Waals surface area contributed by atoms with Crippen LogP contribution in [0.3, 0.4) is 0 Å². The van der Waals surface area contributed by atoms with Crippen LogP contribution in [0.2, 0.25) is 0 Å². The minimum atomic E-state index is 0.0124. The van der Waals surface area contributed by atoms with Crippen LogP contribution in [0.1, 0.15) is 45.9 Å². The molecule has 2 atom stereocenters. The molecule has 32 heavy (non-hydrogen) atoms. The first-order valence-electron chi connectivity index (χ1n) is 11.2. The molecule has 0 saturated carbocycles. The second-order valence-electron chi connectivity index (χ2n) is 9.00. The number of likely N-dealkylation sites (N-methyl/N-ethyl adjacent to an activating group) is 1. The summed E-state index contributed by atoms with van der Waals surface area (Å²) in [6.07, 6.45) is 1.86. The first-order chi connectivity index (χ1) is 15.3. The highest BCUT2D eigenvalue weighted by molar-refractivity contribution is 7.80. The molecule has 0 bridgehead atoms. The van der Waals surface area contributed by atoms with Gasteiger partial charge in [0.25, 0.3) is 0 Å². The van der Waals surface area contributed by atoms with Gasteiger partial charge in [0, 0.05) is 36.4 Å². The SMILES string of the molecule is Cc1cccc(-n2c(C)cc([C@@H]3[C@@H](c4ccccn4)NC(=S)N3CCN(C)C)c2C)c1C. The lowest BCUT2D eigenvalue weighted by atomic mass is 9.96. The molecule has 0 unspecified atom stereocenters. The Labute approximate surface area is 197 Å². The average molecular weight is 448 g/mol. The van der Waals surface area contributed by atoms with Gasteiger partial charge in [0.2, 0.25) is 0 Å². The summed E-state index contributed by atoms with van der Waals surface area (Å²) < 4.78 is 2.39. The summed E-state index contributed by atoms with van der Waals surface area (Å²) in [5.74, 6) is 0. The third-order valence-corrected chi connectivity index (χ3v) is 6.94. The standard InChI is InChI=1S/C26H33N5S/c1-17-10-9-12-23(19(17)3)31-18(2)16-21(20(31)4)25-24(22-11-7-8-13-27-22)28-26(32)30(25)15-14-29(5)6/h7-13,16,24-25H,14-15H2,1-6H3,(H,28,32)/t24-,25-/m1/s1. The molecule has 3 aromatic rings. The fourth-order valence-corrected chi connectivity index (χ4v) is 5.06. The molecule has 2 aromatic heterocycles. The summed E-state index contributed by atoms with van der Waals surface area (Å²) in [6, 6.07) is 15.1. The molecule has 1 saturated heterocycles. The van der Waals surface area contributed by atoms with E-state index < -0.39 is 0 Å². The fraction of sp³-hybridized carbons (Fsp3) is 0.385. The van der Waals surface area contributed by atoms with E-state index in [1.54, 1.807) is 0 Å². The Morgan fingerprint density at radius 1 is 1.06 bits per heavy atom. The van der Waals surface area contributed by atoms with Crippen LogP contribution in [0.25, 0.3) is 5.69 Å². The molecule has 3 heterocycles. The van der Waals surface area contributed by atoms with Crippen LogP contribution >= 0.6 is 12.2 Å². The number of hydrogen-bond acceptors (Lipinski definition) is 3. The van der Waals surface area contributed by atoms with Gasteiger partial charge in [-0.25, -0.2) is 0 Å². The molecular weight excluding hydrogens is 414 g/mol. The van der Waals surface area contributed by atoms with Gasteiger partial charge < -0.3 is 19.7 Å². The van der Waals surface area contributed by atoms with Crippen molar-refractivity contribution in [3.05, 3.63) is 82.4 Å². The predicted molar refractivity (Wildman–Crippen MR) is 135 cm³/mol. The summed E-state index contributed by atoms with van der Waals surface area (Å²) in [7, 11) is 4.20. The number of aryl methyl sites for hydroxylation is 2. The summed E-state index contributed by atoms with van der Waals surface area (Å²) in [5, 5.41) is 4.37. The highest BCUT2D eigenvalue weighted by Crippen LogP contribution is 2.41. The molecule has 6 heteroatoms. The van der Waals surface area contributed by atoms with Gasteiger partial charge in [0.15, 0.2) is 5.11 Å². The van der Waals surface area contributed by atoms with Crippen molar-refractivity contribution >= 4 is 17.3 Å². The summed E-state index contributed by atoms with van der Waals surface area (Å²) in [4.78, 5) is 9.22. The number of rotatable bonds is 6. The summed E-state index contributed by atoms with van der Waals surface area (Å²) in [5.41, 5.74) is 8.66. The lowest BCUT2D eigenvalue weighted by Gasteiger charge is -2.29. The molecular formula is C26H33N5S. The maximum atomic E-state index is 5.82. The van der Waals surface area contributed by atoms with Crippen LogP contribution in [-0.2, 0) is 0 Å². The van der Waals surface area contributed by atoms with Crippen molar-refractivity contribution in [2.45, 2.75) is 39.8 Å². The normalized spacial score (nSPS) is 18.5. The molecule has 1 aromatic carbocycles. The monoisotopic (exact) mass is 447 g/mol. The smallest absolute Gasteiger partial charge is 0.170 e. The zero-order valence-electron chi connectivity index (χ0n) is 19.9. The minimum absolute atomic E-state index is 0.0124. The van der Waals surface area contributed by atoms with E-state index in [0.29, 0.717) is 0 Å². The van der Waals surface area contributed by atoms with Gasteiger partial charge >= 0.3 is 0 Å². The van der Waals surface area contributed by atoms with Crippen LogP contribution in [0.15, 0.2) is 48.7 Å². The van der Waals surface area contributed by atoms with Gasteiger partial charge in [0.1, 0.15) is 0 Å². The molecule has 168 valence electrons. The Balaban J connectivity index is 1.83.